The van der Waals surface area contributed by atoms with Crippen LogP contribution in [0.15, 0.2) is 42.9 Å². The molecule has 3 heterocycles. The fourth-order valence-electron chi connectivity index (χ4n) is 2.73. The number of carbonyl (C=O) groups excluding carboxylic acids is 1. The van der Waals surface area contributed by atoms with Gasteiger partial charge in [-0.3, -0.25) is 4.98 Å². The molecule has 1 aliphatic rings. The number of likely N-dealkylation sites (tertiary alicyclic amines) is 1. The minimum Gasteiger partial charge on any atom is -0.481 e. The van der Waals surface area contributed by atoms with Gasteiger partial charge in [0.1, 0.15) is 0 Å². The van der Waals surface area contributed by atoms with E-state index in [1.54, 1.807) is 42.7 Å². The molecule has 2 aromatic rings. The first-order chi connectivity index (χ1) is 12.2. The largest absolute Gasteiger partial charge is 0.481 e. The summed E-state index contributed by atoms with van der Waals surface area (Å²) in [5, 5.41) is 2.86. The van der Waals surface area contributed by atoms with Crippen LogP contribution in [0.5, 0.6) is 5.88 Å². The third kappa shape index (κ3) is 4.90. The van der Waals surface area contributed by atoms with Crippen molar-refractivity contribution in [1.29, 1.82) is 0 Å². The van der Waals surface area contributed by atoms with Crippen molar-refractivity contribution in [3.8, 4) is 5.88 Å². The third-order valence-corrected chi connectivity index (χ3v) is 4.07. The number of methoxy groups -OCH3 is 1. The van der Waals surface area contributed by atoms with E-state index in [-0.39, 0.29) is 12.1 Å². The lowest BCUT2D eigenvalue weighted by Crippen LogP contribution is -2.45. The summed E-state index contributed by atoms with van der Waals surface area (Å²) in [6.07, 6.45) is 7.03. The monoisotopic (exact) mass is 342 g/mol. The number of pyridine rings is 2. The molecular formula is C18H22N4O3. The van der Waals surface area contributed by atoms with Gasteiger partial charge in [0.05, 0.1) is 31.7 Å². The number of carbonyl (C=O) groups is 1. The Hall–Kier alpha value is -2.67. The predicted molar refractivity (Wildman–Crippen MR) is 93.4 cm³/mol. The van der Waals surface area contributed by atoms with Crippen LogP contribution in [0.25, 0.3) is 0 Å². The second-order valence-electron chi connectivity index (χ2n) is 5.90. The van der Waals surface area contributed by atoms with E-state index in [0.717, 1.165) is 24.9 Å². The molecule has 25 heavy (non-hydrogen) atoms. The summed E-state index contributed by atoms with van der Waals surface area (Å²) in [7, 11) is 1.56. The van der Waals surface area contributed by atoms with Crippen LogP contribution in [0.1, 0.15) is 18.4 Å². The smallest absolute Gasteiger partial charge is 0.321 e. The van der Waals surface area contributed by atoms with Gasteiger partial charge < -0.3 is 19.7 Å². The topological polar surface area (TPSA) is 76.6 Å². The molecule has 0 aromatic carbocycles. The number of aromatic nitrogens is 2. The van der Waals surface area contributed by atoms with Gasteiger partial charge in [-0.25, -0.2) is 9.78 Å². The van der Waals surface area contributed by atoms with Gasteiger partial charge in [0.25, 0.3) is 0 Å². The Balaban J connectivity index is 1.50. The first kappa shape index (κ1) is 17.2. The molecule has 7 nitrogen and oxygen atoms in total. The van der Waals surface area contributed by atoms with Gasteiger partial charge in [-0.05, 0) is 30.5 Å². The molecule has 1 saturated heterocycles. The second-order valence-corrected chi connectivity index (χ2v) is 5.90. The summed E-state index contributed by atoms with van der Waals surface area (Å²) < 4.78 is 11.0. The van der Waals surface area contributed by atoms with E-state index in [4.69, 9.17) is 9.47 Å². The van der Waals surface area contributed by atoms with Crippen molar-refractivity contribution in [3.05, 3.63) is 48.4 Å². The summed E-state index contributed by atoms with van der Waals surface area (Å²) in [6.45, 7) is 1.81. The van der Waals surface area contributed by atoms with E-state index >= 15 is 0 Å². The highest BCUT2D eigenvalue weighted by molar-refractivity contribution is 5.89. The number of amides is 2. The third-order valence-electron chi connectivity index (χ3n) is 4.07. The zero-order valence-electron chi connectivity index (χ0n) is 14.2. The fraction of sp³-hybridized carbons (Fsp3) is 0.389. The molecule has 0 unspecified atom stereocenters. The standard InChI is InChI=1S/C18H22N4O3/c1-24-17-7-6-15(11-20-17)21-18(23)22-9-3-5-16(12-22)25-13-14-4-2-8-19-10-14/h2,4,6-8,10-11,16H,3,5,9,12-13H2,1H3,(H,21,23)/t16-/m0/s1. The summed E-state index contributed by atoms with van der Waals surface area (Å²) in [5.41, 5.74) is 1.68. The Bertz CT molecular complexity index is 678. The lowest BCUT2D eigenvalue weighted by Gasteiger charge is -2.32. The van der Waals surface area contributed by atoms with E-state index in [9.17, 15) is 4.79 Å². The number of hydrogen-bond donors (Lipinski definition) is 1. The normalized spacial score (nSPS) is 17.2. The summed E-state index contributed by atoms with van der Waals surface area (Å²) in [6, 6.07) is 7.22. The van der Waals surface area contributed by atoms with Gasteiger partial charge in [0, 0.05) is 31.5 Å². The molecule has 7 heteroatoms. The lowest BCUT2D eigenvalue weighted by molar-refractivity contribution is 0.000916. The zero-order chi connectivity index (χ0) is 17.5. The Morgan fingerprint density at radius 2 is 2.28 bits per heavy atom. The molecule has 0 spiro atoms. The van der Waals surface area contributed by atoms with Gasteiger partial charge in [-0.15, -0.1) is 0 Å². The molecule has 0 saturated carbocycles. The average Bonchev–Trinajstić information content (AvgIpc) is 2.68. The number of anilines is 1. The van der Waals surface area contributed by atoms with E-state index in [2.05, 4.69) is 15.3 Å². The Morgan fingerprint density at radius 3 is 3.00 bits per heavy atom. The van der Waals surface area contributed by atoms with Crippen LogP contribution in [0.3, 0.4) is 0 Å². The maximum atomic E-state index is 12.4. The first-order valence-corrected chi connectivity index (χ1v) is 8.31. The molecule has 2 aromatic heterocycles. The van der Waals surface area contributed by atoms with Crippen LogP contribution in [0.4, 0.5) is 10.5 Å². The SMILES string of the molecule is COc1ccc(NC(=O)N2CCC[C@H](OCc3cccnc3)C2)cn1. The summed E-state index contributed by atoms with van der Waals surface area (Å²) in [4.78, 5) is 22.4. The van der Waals surface area contributed by atoms with Gasteiger partial charge in [0.2, 0.25) is 5.88 Å². The molecule has 0 radical (unpaired) electrons. The Morgan fingerprint density at radius 1 is 1.36 bits per heavy atom. The molecule has 3 rings (SSSR count). The van der Waals surface area contributed by atoms with Crippen molar-refractivity contribution in [2.24, 2.45) is 0 Å². The van der Waals surface area contributed by atoms with E-state index in [1.807, 2.05) is 12.1 Å². The molecular weight excluding hydrogens is 320 g/mol. The molecule has 2 amide bonds. The van der Waals surface area contributed by atoms with E-state index in [0.29, 0.717) is 24.7 Å². The quantitative estimate of drug-likeness (QED) is 0.904. The average molecular weight is 342 g/mol. The lowest BCUT2D eigenvalue weighted by atomic mass is 10.1. The number of rotatable bonds is 5. The number of piperidine rings is 1. The Labute approximate surface area is 147 Å². The minimum atomic E-state index is -0.137. The number of urea groups is 1. The molecule has 0 aliphatic carbocycles. The second kappa shape index (κ2) is 8.43. The predicted octanol–water partition coefficient (Wildman–Crippen LogP) is 2.70. The number of nitrogens with zero attached hydrogens (tertiary/aromatic N) is 3. The fourth-order valence-corrected chi connectivity index (χ4v) is 2.73. The maximum Gasteiger partial charge on any atom is 0.321 e. The van der Waals surface area contributed by atoms with Gasteiger partial charge >= 0.3 is 6.03 Å². The van der Waals surface area contributed by atoms with Gasteiger partial charge in [0.15, 0.2) is 0 Å². The highest BCUT2D eigenvalue weighted by atomic mass is 16.5. The first-order valence-electron chi connectivity index (χ1n) is 8.31. The molecule has 1 atom stereocenters. The maximum absolute atomic E-state index is 12.4. The summed E-state index contributed by atoms with van der Waals surface area (Å²) in [5.74, 6) is 0.514. The molecule has 1 aliphatic heterocycles. The highest BCUT2D eigenvalue weighted by Gasteiger charge is 2.24. The zero-order valence-corrected chi connectivity index (χ0v) is 14.2. The van der Waals surface area contributed by atoms with Crippen LogP contribution < -0.4 is 10.1 Å². The number of nitrogens with one attached hydrogen (secondary N) is 1. The molecule has 1 N–H and O–H groups in total. The minimum absolute atomic E-state index is 0.0358. The van der Waals surface area contributed by atoms with Crippen LogP contribution in [0, 0.1) is 0 Å². The van der Waals surface area contributed by atoms with Crippen LogP contribution in [-0.4, -0.2) is 47.2 Å². The van der Waals surface area contributed by atoms with E-state index in [1.165, 1.54) is 0 Å². The van der Waals surface area contributed by atoms with Crippen molar-refractivity contribution in [3.63, 3.8) is 0 Å². The van der Waals surface area contributed by atoms with Crippen LogP contribution in [-0.2, 0) is 11.3 Å². The van der Waals surface area contributed by atoms with Crippen molar-refractivity contribution >= 4 is 11.7 Å². The van der Waals surface area contributed by atoms with Gasteiger partial charge in [-0.1, -0.05) is 6.07 Å². The molecule has 1 fully saturated rings. The van der Waals surface area contributed by atoms with Crippen molar-refractivity contribution in [2.75, 3.05) is 25.5 Å². The molecule has 132 valence electrons. The highest BCUT2D eigenvalue weighted by Crippen LogP contribution is 2.17. The van der Waals surface area contributed by atoms with Crippen molar-refractivity contribution < 1.29 is 14.3 Å². The van der Waals surface area contributed by atoms with Crippen molar-refractivity contribution in [1.82, 2.24) is 14.9 Å². The van der Waals surface area contributed by atoms with Crippen molar-refractivity contribution in [2.45, 2.75) is 25.6 Å². The number of ether oxygens (including phenoxy) is 2. The van der Waals surface area contributed by atoms with Gasteiger partial charge in [-0.2, -0.15) is 0 Å². The van der Waals surface area contributed by atoms with Crippen LogP contribution in [0.2, 0.25) is 0 Å². The molecule has 0 bridgehead atoms. The van der Waals surface area contributed by atoms with E-state index < -0.39 is 0 Å². The number of hydrogen-bond acceptors (Lipinski definition) is 5. The summed E-state index contributed by atoms with van der Waals surface area (Å²) >= 11 is 0. The Kier molecular flexibility index (Phi) is 5.79. The van der Waals surface area contributed by atoms with Crippen LogP contribution >= 0.6 is 0 Å².